The highest BCUT2D eigenvalue weighted by Crippen LogP contribution is 2.40. The molecule has 0 radical (unpaired) electrons. The molecule has 5 heteroatoms. The van der Waals surface area contributed by atoms with Gasteiger partial charge >= 0.3 is 0 Å². The molecule has 0 atom stereocenters. The van der Waals surface area contributed by atoms with Crippen LogP contribution < -0.4 is 4.90 Å². The van der Waals surface area contributed by atoms with Gasteiger partial charge in [-0.05, 0) is 61.2 Å². The van der Waals surface area contributed by atoms with Gasteiger partial charge in [0.15, 0.2) is 4.32 Å². The quantitative estimate of drug-likeness (QED) is 0.620. The summed E-state index contributed by atoms with van der Waals surface area (Å²) >= 11 is 6.79. The second-order valence-electron chi connectivity index (χ2n) is 5.80. The zero-order chi connectivity index (χ0) is 17.4. The average Bonchev–Trinajstić information content (AvgIpc) is 2.84. The number of aryl methyl sites for hydroxylation is 2. The van der Waals surface area contributed by atoms with Gasteiger partial charge in [0.05, 0.1) is 10.6 Å². The van der Waals surface area contributed by atoms with E-state index >= 15 is 0 Å². The highest BCUT2D eigenvalue weighted by molar-refractivity contribution is 8.27. The number of amides is 1. The van der Waals surface area contributed by atoms with Crippen molar-refractivity contribution >= 4 is 45.5 Å². The zero-order valence-electron chi connectivity index (χ0n) is 13.7. The smallest absolute Gasteiger partial charge is 0.271 e. The molecule has 1 aliphatic heterocycles. The summed E-state index contributed by atoms with van der Waals surface area (Å²) in [4.78, 5) is 15.2. The number of hydrogen-bond donors (Lipinski definition) is 1. The van der Waals surface area contributed by atoms with Crippen LogP contribution in [0.2, 0.25) is 0 Å². The van der Waals surface area contributed by atoms with Gasteiger partial charge in [-0.25, -0.2) is 0 Å². The minimum absolute atomic E-state index is 0.0933. The Kier molecular flexibility index (Phi) is 4.47. The summed E-state index contributed by atoms with van der Waals surface area (Å²) in [5.41, 5.74) is 4.70. The first-order valence-corrected chi connectivity index (χ1v) is 8.75. The fourth-order valence-corrected chi connectivity index (χ4v) is 3.94. The van der Waals surface area contributed by atoms with Gasteiger partial charge in [0.1, 0.15) is 5.75 Å². The molecule has 1 amide bonds. The van der Waals surface area contributed by atoms with Gasteiger partial charge in [0.2, 0.25) is 0 Å². The predicted octanol–water partition coefficient (Wildman–Crippen LogP) is 4.80. The molecule has 0 aliphatic carbocycles. The van der Waals surface area contributed by atoms with Crippen molar-refractivity contribution in [1.29, 1.82) is 0 Å². The number of phenolic OH excluding ortho intramolecular Hbond substituents is 1. The molecule has 1 fully saturated rings. The standard InChI is InChI=1S/C19H17NO2S2/c1-11-4-5-12(2)16(10-11)20-18(22)17(24-19(20)23)13(3)14-6-8-15(21)9-7-14/h4-10,21H,1-3H3/b17-13-. The molecule has 1 aliphatic rings. The van der Waals surface area contributed by atoms with Crippen LogP contribution in [0.1, 0.15) is 23.6 Å². The summed E-state index contributed by atoms with van der Waals surface area (Å²) in [5.74, 6) is 0.110. The number of thiocarbonyl (C=S) groups is 1. The van der Waals surface area contributed by atoms with Gasteiger partial charge in [-0.1, -0.05) is 48.2 Å². The van der Waals surface area contributed by atoms with Crippen LogP contribution in [0.25, 0.3) is 5.57 Å². The molecule has 0 spiro atoms. The fourth-order valence-electron chi connectivity index (χ4n) is 2.61. The van der Waals surface area contributed by atoms with Crippen molar-refractivity contribution in [2.45, 2.75) is 20.8 Å². The van der Waals surface area contributed by atoms with Crippen molar-refractivity contribution in [3.05, 3.63) is 64.1 Å². The lowest BCUT2D eigenvalue weighted by atomic mass is 10.1. The first kappa shape index (κ1) is 16.7. The SMILES string of the molecule is C/C(=C1/SC(=S)N(c2cc(C)ccc2C)C1=O)c1ccc(O)cc1. The summed E-state index contributed by atoms with van der Waals surface area (Å²) in [6.07, 6.45) is 0. The van der Waals surface area contributed by atoms with Crippen molar-refractivity contribution in [1.82, 2.24) is 0 Å². The number of aromatic hydroxyl groups is 1. The van der Waals surface area contributed by atoms with E-state index in [1.54, 1.807) is 29.2 Å². The summed E-state index contributed by atoms with van der Waals surface area (Å²) < 4.78 is 0.543. The molecular formula is C19H17NO2S2. The second kappa shape index (κ2) is 6.42. The minimum Gasteiger partial charge on any atom is -0.508 e. The molecule has 24 heavy (non-hydrogen) atoms. The fraction of sp³-hybridized carbons (Fsp3) is 0.158. The van der Waals surface area contributed by atoms with Crippen LogP contribution in [-0.2, 0) is 4.79 Å². The number of allylic oxidation sites excluding steroid dienone is 1. The Bertz CT molecular complexity index is 869. The van der Waals surface area contributed by atoms with Gasteiger partial charge in [0, 0.05) is 0 Å². The van der Waals surface area contributed by atoms with Crippen molar-refractivity contribution in [3.8, 4) is 5.75 Å². The summed E-state index contributed by atoms with van der Waals surface area (Å²) in [6.45, 7) is 5.88. The molecule has 1 saturated heterocycles. The van der Waals surface area contributed by atoms with Gasteiger partial charge in [-0.2, -0.15) is 0 Å². The topological polar surface area (TPSA) is 40.5 Å². The zero-order valence-corrected chi connectivity index (χ0v) is 15.3. The minimum atomic E-state index is -0.0933. The molecule has 3 rings (SSSR count). The van der Waals surface area contributed by atoms with E-state index in [9.17, 15) is 9.90 Å². The number of thioether (sulfide) groups is 1. The molecule has 0 saturated carbocycles. The number of phenols is 1. The molecule has 2 aromatic rings. The lowest BCUT2D eigenvalue weighted by molar-refractivity contribution is -0.113. The van der Waals surface area contributed by atoms with Crippen LogP contribution in [0, 0.1) is 13.8 Å². The van der Waals surface area contributed by atoms with Gasteiger partial charge < -0.3 is 5.11 Å². The molecular weight excluding hydrogens is 338 g/mol. The summed E-state index contributed by atoms with van der Waals surface area (Å²) in [6, 6.07) is 12.8. The van der Waals surface area contributed by atoms with E-state index in [2.05, 4.69) is 0 Å². The Morgan fingerprint density at radius 3 is 2.46 bits per heavy atom. The number of anilines is 1. The van der Waals surface area contributed by atoms with Gasteiger partial charge in [-0.15, -0.1) is 0 Å². The Morgan fingerprint density at radius 1 is 1.12 bits per heavy atom. The number of rotatable bonds is 2. The second-order valence-corrected chi connectivity index (χ2v) is 7.44. The third-order valence-corrected chi connectivity index (χ3v) is 5.49. The maximum atomic E-state index is 13.0. The molecule has 122 valence electrons. The van der Waals surface area contributed by atoms with E-state index in [4.69, 9.17) is 12.2 Å². The predicted molar refractivity (Wildman–Crippen MR) is 104 cm³/mol. The Morgan fingerprint density at radius 2 is 1.79 bits per heavy atom. The summed E-state index contributed by atoms with van der Waals surface area (Å²) in [7, 11) is 0. The lowest BCUT2D eigenvalue weighted by Gasteiger charge is -2.18. The lowest BCUT2D eigenvalue weighted by Crippen LogP contribution is -2.28. The Hall–Kier alpha value is -2.11. The van der Waals surface area contributed by atoms with Crippen LogP contribution in [0.5, 0.6) is 5.75 Å². The third kappa shape index (κ3) is 2.97. The van der Waals surface area contributed by atoms with Gasteiger partial charge in [0.25, 0.3) is 5.91 Å². The normalized spacial score (nSPS) is 16.7. The highest BCUT2D eigenvalue weighted by Gasteiger charge is 2.35. The van der Waals surface area contributed by atoms with Crippen molar-refractivity contribution in [2.24, 2.45) is 0 Å². The molecule has 0 aromatic heterocycles. The highest BCUT2D eigenvalue weighted by atomic mass is 32.2. The van der Waals surface area contributed by atoms with Crippen LogP contribution in [0.15, 0.2) is 47.4 Å². The molecule has 0 bridgehead atoms. The first-order chi connectivity index (χ1) is 11.4. The number of hydrogen-bond acceptors (Lipinski definition) is 4. The van der Waals surface area contributed by atoms with Crippen LogP contribution in [-0.4, -0.2) is 15.3 Å². The Labute approximate surface area is 151 Å². The van der Waals surface area contributed by atoms with Crippen molar-refractivity contribution < 1.29 is 9.90 Å². The van der Waals surface area contributed by atoms with E-state index in [0.29, 0.717) is 9.23 Å². The van der Waals surface area contributed by atoms with Crippen LogP contribution in [0.4, 0.5) is 5.69 Å². The third-order valence-electron chi connectivity index (χ3n) is 4.02. The average molecular weight is 355 g/mol. The monoisotopic (exact) mass is 355 g/mol. The molecule has 3 nitrogen and oxygen atoms in total. The molecule has 1 heterocycles. The van der Waals surface area contributed by atoms with Crippen LogP contribution in [0.3, 0.4) is 0 Å². The number of carbonyl (C=O) groups is 1. The molecule has 1 N–H and O–H groups in total. The van der Waals surface area contributed by atoms with E-state index in [1.807, 2.05) is 39.0 Å². The van der Waals surface area contributed by atoms with E-state index < -0.39 is 0 Å². The first-order valence-electron chi connectivity index (χ1n) is 7.52. The number of carbonyl (C=O) groups excluding carboxylic acids is 1. The van der Waals surface area contributed by atoms with Gasteiger partial charge in [-0.3, -0.25) is 9.69 Å². The van der Waals surface area contributed by atoms with E-state index in [0.717, 1.165) is 28.0 Å². The summed E-state index contributed by atoms with van der Waals surface area (Å²) in [5, 5.41) is 9.43. The molecule has 0 unspecified atom stereocenters. The van der Waals surface area contributed by atoms with E-state index in [1.165, 1.54) is 11.8 Å². The van der Waals surface area contributed by atoms with Crippen molar-refractivity contribution in [3.63, 3.8) is 0 Å². The maximum absolute atomic E-state index is 13.0. The Balaban J connectivity index is 2.04. The number of benzene rings is 2. The number of nitrogens with zero attached hydrogens (tertiary/aromatic N) is 1. The maximum Gasteiger partial charge on any atom is 0.271 e. The van der Waals surface area contributed by atoms with Crippen molar-refractivity contribution in [2.75, 3.05) is 4.90 Å². The molecule has 2 aromatic carbocycles. The van der Waals surface area contributed by atoms with Crippen LogP contribution >= 0.6 is 24.0 Å². The van der Waals surface area contributed by atoms with E-state index in [-0.39, 0.29) is 11.7 Å². The largest absolute Gasteiger partial charge is 0.508 e.